The number of hydrogen-bond acceptors (Lipinski definition) is 13. The molecule has 0 saturated carbocycles. The van der Waals surface area contributed by atoms with Crippen molar-refractivity contribution in [3.63, 3.8) is 0 Å². The summed E-state index contributed by atoms with van der Waals surface area (Å²) in [7, 11) is 0. The van der Waals surface area contributed by atoms with Crippen molar-refractivity contribution in [2.45, 2.75) is 51.6 Å². The van der Waals surface area contributed by atoms with Gasteiger partial charge in [-0.1, -0.05) is 19.0 Å². The number of carbonyl (C=O) groups excluding carboxylic acids is 3. The first kappa shape index (κ1) is 46.1. The second-order valence-electron chi connectivity index (χ2n) is 11.6. The van der Waals surface area contributed by atoms with Crippen molar-refractivity contribution in [3.05, 3.63) is 40.3 Å². The molecule has 0 heterocycles. The molecule has 0 unspecified atom stereocenters. The van der Waals surface area contributed by atoms with E-state index in [0.29, 0.717) is 104 Å². The van der Waals surface area contributed by atoms with Gasteiger partial charge in [0, 0.05) is 30.1 Å². The molecule has 0 radical (unpaired) electrons. The zero-order valence-electron chi connectivity index (χ0n) is 30.2. The van der Waals surface area contributed by atoms with Gasteiger partial charge in [0.05, 0.1) is 84.8 Å². The smallest absolute Gasteiger partial charge is 0.335 e. The summed E-state index contributed by atoms with van der Waals surface area (Å²) in [6.45, 7) is 8.81. The number of carboxylic acids is 1. The summed E-state index contributed by atoms with van der Waals surface area (Å²) in [5, 5.41) is 20.7. The van der Waals surface area contributed by atoms with Gasteiger partial charge in [-0.05, 0) is 55.0 Å². The fourth-order valence-corrected chi connectivity index (χ4v) is 4.33. The third-order valence-electron chi connectivity index (χ3n) is 7.09. The molecular formula is C33H56N8O11. The van der Waals surface area contributed by atoms with E-state index in [1.807, 2.05) is 0 Å². The molecule has 0 aromatic heterocycles. The van der Waals surface area contributed by atoms with Crippen molar-refractivity contribution in [2.75, 3.05) is 97.7 Å². The third-order valence-corrected chi connectivity index (χ3v) is 7.09. The molecule has 0 aliphatic carbocycles. The van der Waals surface area contributed by atoms with Gasteiger partial charge in [-0.2, -0.15) is 0 Å². The van der Waals surface area contributed by atoms with Crippen molar-refractivity contribution in [2.24, 2.45) is 16.9 Å². The maximum Gasteiger partial charge on any atom is 0.335 e. The molecule has 0 saturated heterocycles. The molecule has 3 amide bonds. The number of rotatable bonds is 33. The zero-order chi connectivity index (χ0) is 38.2. The van der Waals surface area contributed by atoms with Gasteiger partial charge in [0.2, 0.25) is 17.7 Å². The number of carboxylic acid groups (broad SMARTS) is 1. The molecule has 2 atom stereocenters. The maximum absolute atomic E-state index is 13.3. The second kappa shape index (κ2) is 30.7. The van der Waals surface area contributed by atoms with E-state index >= 15 is 0 Å². The van der Waals surface area contributed by atoms with Crippen molar-refractivity contribution < 1.29 is 52.7 Å². The summed E-state index contributed by atoms with van der Waals surface area (Å²) in [6, 6.07) is 3.88. The number of aromatic carboxylic acids is 1. The highest BCUT2D eigenvalue weighted by atomic mass is 16.6. The maximum atomic E-state index is 13.3. The van der Waals surface area contributed by atoms with Crippen molar-refractivity contribution in [1.29, 1.82) is 0 Å². The van der Waals surface area contributed by atoms with Crippen LogP contribution in [0.3, 0.4) is 0 Å². The zero-order valence-corrected chi connectivity index (χ0v) is 30.2. The van der Waals surface area contributed by atoms with Crippen LogP contribution in [0.25, 0.3) is 10.4 Å². The highest BCUT2D eigenvalue weighted by molar-refractivity contribution is 5.99. The van der Waals surface area contributed by atoms with Crippen molar-refractivity contribution in [1.82, 2.24) is 16.1 Å². The summed E-state index contributed by atoms with van der Waals surface area (Å²) in [4.78, 5) is 52.8. The first-order valence-corrected chi connectivity index (χ1v) is 17.3. The monoisotopic (exact) mass is 740 g/mol. The first-order valence-electron chi connectivity index (χ1n) is 17.3. The Morgan fingerprint density at radius 1 is 0.769 bits per heavy atom. The summed E-state index contributed by atoms with van der Waals surface area (Å²) >= 11 is 0. The van der Waals surface area contributed by atoms with Crippen LogP contribution in [0.1, 0.15) is 49.9 Å². The van der Waals surface area contributed by atoms with Crippen LogP contribution in [-0.4, -0.2) is 133 Å². The number of unbranched alkanes of at least 4 members (excludes halogenated alkanes) is 1. The number of nitrogens with zero attached hydrogens (tertiary/aromatic N) is 3. The van der Waals surface area contributed by atoms with Crippen LogP contribution in [0, 0.1) is 5.92 Å². The van der Waals surface area contributed by atoms with Crippen LogP contribution >= 0.6 is 0 Å². The lowest BCUT2D eigenvalue weighted by Crippen LogP contribution is -2.54. The molecule has 0 spiro atoms. The molecule has 294 valence electrons. The Morgan fingerprint density at radius 3 is 1.77 bits per heavy atom. The third kappa shape index (κ3) is 23.5. The lowest BCUT2D eigenvalue weighted by molar-refractivity contribution is -0.132. The number of nitrogens with one attached hydrogen (secondary N) is 4. The summed E-state index contributed by atoms with van der Waals surface area (Å²) < 4.78 is 32.4. The van der Waals surface area contributed by atoms with Gasteiger partial charge in [0.1, 0.15) is 12.1 Å². The molecule has 1 rings (SSSR count). The molecule has 7 N–H and O–H groups in total. The van der Waals surface area contributed by atoms with Crippen LogP contribution < -0.4 is 27.2 Å². The van der Waals surface area contributed by atoms with Crippen molar-refractivity contribution >= 4 is 29.4 Å². The van der Waals surface area contributed by atoms with Crippen LogP contribution in [-0.2, 0) is 42.8 Å². The predicted octanol–water partition coefficient (Wildman–Crippen LogP) is 1.38. The highest BCUT2D eigenvalue weighted by Crippen LogP contribution is 2.12. The number of hydrogen-bond donors (Lipinski definition) is 6. The molecule has 0 bridgehead atoms. The molecule has 19 heteroatoms. The molecule has 0 fully saturated rings. The number of anilines is 1. The number of benzene rings is 1. The van der Waals surface area contributed by atoms with E-state index in [9.17, 15) is 19.2 Å². The van der Waals surface area contributed by atoms with Crippen molar-refractivity contribution in [3.8, 4) is 0 Å². The van der Waals surface area contributed by atoms with Gasteiger partial charge < -0.3 is 49.5 Å². The van der Waals surface area contributed by atoms with Gasteiger partial charge in [0.15, 0.2) is 0 Å². The minimum absolute atomic E-state index is 0.0274. The average molecular weight is 741 g/mol. The standard InChI is InChI=1S/C33H56N8O11/c1-25(2)30(32(44)39-28(5-3-4-11-36-34)31(43)38-27-8-6-26(7-9-27)33(45)46)40-29(42)10-13-47-15-17-49-19-21-51-23-24-52-22-20-50-18-16-48-14-12-37-41-35/h6-9,25,28,30,36H,3-5,10-24,34H2,1-2H3,(H,38,43)(H,39,44)(H,40,42)(H,45,46)/t28-,30-/m0/s1. The SMILES string of the molecule is CC(C)[C@H](NC(=O)CCOCCOCCOCCOCCOCCOCCN=[N+]=[N-])C(=O)N[C@@H](CCCCNN)C(=O)Nc1ccc(C(=O)O)cc1. The quantitative estimate of drug-likeness (QED) is 0.0149. The predicted molar refractivity (Wildman–Crippen MR) is 190 cm³/mol. The van der Waals surface area contributed by atoms with E-state index in [2.05, 4.69) is 31.4 Å². The Hall–Kier alpha value is -3.91. The van der Waals surface area contributed by atoms with Gasteiger partial charge in [-0.15, -0.1) is 0 Å². The summed E-state index contributed by atoms with van der Waals surface area (Å²) in [5.41, 5.74) is 11.2. The Kier molecular flexibility index (Phi) is 27.2. The number of carbonyl (C=O) groups is 4. The Balaban J connectivity index is 2.26. The van der Waals surface area contributed by atoms with E-state index < -0.39 is 29.9 Å². The van der Waals surface area contributed by atoms with Gasteiger partial charge in [0.25, 0.3) is 0 Å². The van der Waals surface area contributed by atoms with Crippen LogP contribution in [0.4, 0.5) is 5.69 Å². The molecule has 0 aliphatic rings. The van der Waals surface area contributed by atoms with E-state index in [-0.39, 0.29) is 37.0 Å². The number of amides is 3. The summed E-state index contributed by atoms with van der Waals surface area (Å²) in [6.07, 6.45) is 1.60. The minimum atomic E-state index is -1.09. The van der Waals surface area contributed by atoms with Crippen LogP contribution in [0.2, 0.25) is 0 Å². The number of nitrogens with two attached hydrogens (primary N) is 1. The summed E-state index contributed by atoms with van der Waals surface area (Å²) in [5.74, 6) is 2.64. The molecule has 0 aliphatic heterocycles. The lowest BCUT2D eigenvalue weighted by atomic mass is 10.0. The molecular weight excluding hydrogens is 684 g/mol. The molecule has 19 nitrogen and oxygen atoms in total. The largest absolute Gasteiger partial charge is 0.478 e. The average Bonchev–Trinajstić information content (AvgIpc) is 3.12. The number of ether oxygens (including phenoxy) is 6. The van der Waals surface area contributed by atoms with E-state index in [1.54, 1.807) is 13.8 Å². The fourth-order valence-electron chi connectivity index (χ4n) is 4.33. The second-order valence-corrected chi connectivity index (χ2v) is 11.6. The van der Waals surface area contributed by atoms with Gasteiger partial charge >= 0.3 is 5.97 Å². The molecule has 1 aromatic carbocycles. The van der Waals surface area contributed by atoms with Gasteiger partial charge in [-0.3, -0.25) is 25.7 Å². The highest BCUT2D eigenvalue weighted by Gasteiger charge is 2.28. The van der Waals surface area contributed by atoms with Crippen LogP contribution in [0.15, 0.2) is 29.4 Å². The van der Waals surface area contributed by atoms with E-state index in [4.69, 9.17) is 44.9 Å². The van der Waals surface area contributed by atoms with Crippen LogP contribution in [0.5, 0.6) is 0 Å². The Morgan fingerprint density at radius 2 is 1.29 bits per heavy atom. The fraction of sp³-hybridized carbons (Fsp3) is 0.697. The topological polar surface area (TPSA) is 267 Å². The Labute approximate surface area is 304 Å². The number of azide groups is 1. The van der Waals surface area contributed by atoms with E-state index in [0.717, 1.165) is 0 Å². The first-order chi connectivity index (χ1) is 25.2. The number of hydrazine groups is 1. The van der Waals surface area contributed by atoms with Gasteiger partial charge in [-0.25, -0.2) is 4.79 Å². The Bertz CT molecular complexity index is 1190. The molecule has 1 aromatic rings. The normalized spacial score (nSPS) is 12.2. The molecule has 52 heavy (non-hydrogen) atoms. The van der Waals surface area contributed by atoms with E-state index in [1.165, 1.54) is 24.3 Å². The lowest BCUT2D eigenvalue weighted by Gasteiger charge is -2.25. The minimum Gasteiger partial charge on any atom is -0.478 e.